The number of phenols is 1. The van der Waals surface area contributed by atoms with Gasteiger partial charge < -0.3 is 20.1 Å². The number of carbonyl (C=O) groups is 2. The van der Waals surface area contributed by atoms with Gasteiger partial charge >= 0.3 is 0 Å². The lowest BCUT2D eigenvalue weighted by atomic mass is 9.82. The van der Waals surface area contributed by atoms with Crippen molar-refractivity contribution in [2.24, 2.45) is 0 Å². The van der Waals surface area contributed by atoms with Gasteiger partial charge in [0.15, 0.2) is 11.5 Å². The van der Waals surface area contributed by atoms with Crippen molar-refractivity contribution in [2.45, 2.75) is 25.2 Å². The number of Topliss-reactive ketones (excluding diaryl/α,β-unsaturated/α-hetero) is 2. The molecule has 6 heteroatoms. The zero-order chi connectivity index (χ0) is 14.6. The van der Waals surface area contributed by atoms with E-state index in [-0.39, 0.29) is 28.2 Å². The molecule has 1 aliphatic heterocycles. The second-order valence-corrected chi connectivity index (χ2v) is 4.86. The summed E-state index contributed by atoms with van der Waals surface area (Å²) in [7, 11) is 0. The second kappa shape index (κ2) is 4.16. The average Bonchev–Trinajstić information content (AvgIpc) is 2.41. The van der Waals surface area contributed by atoms with E-state index in [9.17, 15) is 24.9 Å². The first-order valence-corrected chi connectivity index (χ1v) is 6.11. The minimum absolute atomic E-state index is 0.0320. The van der Waals surface area contributed by atoms with Crippen LogP contribution < -0.4 is 0 Å². The van der Waals surface area contributed by atoms with E-state index in [2.05, 4.69) is 0 Å². The van der Waals surface area contributed by atoms with Gasteiger partial charge in [-0.25, -0.2) is 0 Å². The largest absolute Gasteiger partial charge is 0.507 e. The van der Waals surface area contributed by atoms with E-state index in [1.807, 2.05) is 0 Å². The topological polar surface area (TPSA) is 104 Å². The van der Waals surface area contributed by atoms with Crippen molar-refractivity contribution in [1.82, 2.24) is 0 Å². The number of phenolic OH excluding ortho intramolecular Hbond substituents is 1. The van der Waals surface area contributed by atoms with Gasteiger partial charge in [0.2, 0.25) is 5.78 Å². The average molecular weight is 276 g/mol. The smallest absolute Gasteiger partial charge is 0.228 e. The van der Waals surface area contributed by atoms with E-state index in [4.69, 9.17) is 4.74 Å². The molecule has 20 heavy (non-hydrogen) atoms. The van der Waals surface area contributed by atoms with Gasteiger partial charge in [-0.3, -0.25) is 9.59 Å². The first-order valence-electron chi connectivity index (χ1n) is 6.11. The van der Waals surface area contributed by atoms with Gasteiger partial charge in [0.1, 0.15) is 24.1 Å². The third-order valence-corrected chi connectivity index (χ3v) is 3.61. The summed E-state index contributed by atoms with van der Waals surface area (Å²) >= 11 is 0. The summed E-state index contributed by atoms with van der Waals surface area (Å²) in [5.74, 6) is -1.87. The molecule has 2 aliphatic rings. The number of benzene rings is 1. The maximum Gasteiger partial charge on any atom is 0.228 e. The third kappa shape index (κ3) is 1.52. The Labute approximate surface area is 113 Å². The molecule has 0 unspecified atom stereocenters. The molecule has 0 saturated heterocycles. The van der Waals surface area contributed by atoms with Gasteiger partial charge in [-0.1, -0.05) is 6.07 Å². The summed E-state index contributed by atoms with van der Waals surface area (Å²) in [4.78, 5) is 24.7. The number of fused-ring (bicyclic) bond motifs is 1. The molecule has 6 nitrogen and oxygen atoms in total. The van der Waals surface area contributed by atoms with Crippen LogP contribution in [-0.2, 0) is 4.74 Å². The highest BCUT2D eigenvalue weighted by atomic mass is 16.5. The van der Waals surface area contributed by atoms with Crippen LogP contribution in [0.1, 0.15) is 27.6 Å². The Bertz CT molecular complexity index is 660. The quantitative estimate of drug-likeness (QED) is 0.624. The molecular weight excluding hydrogens is 264 g/mol. The van der Waals surface area contributed by atoms with Gasteiger partial charge in [0.05, 0.1) is 11.1 Å². The number of aromatic hydroxyl groups is 1. The fourth-order valence-corrected chi connectivity index (χ4v) is 2.52. The number of ketones is 2. The summed E-state index contributed by atoms with van der Waals surface area (Å²) in [5, 5.41) is 29.5. The Morgan fingerprint density at radius 3 is 2.55 bits per heavy atom. The predicted molar refractivity (Wildman–Crippen MR) is 66.4 cm³/mol. The summed E-state index contributed by atoms with van der Waals surface area (Å²) in [6, 6.07) is 4.14. The monoisotopic (exact) mass is 276 g/mol. The summed E-state index contributed by atoms with van der Waals surface area (Å²) in [5.41, 5.74) is -0.431. The molecule has 1 heterocycles. The molecule has 0 aromatic heterocycles. The normalized spacial score (nSPS) is 28.9. The highest BCUT2D eigenvalue weighted by Gasteiger charge is 2.46. The molecule has 104 valence electrons. The summed E-state index contributed by atoms with van der Waals surface area (Å²) in [6.07, 6.45) is -3.63. The van der Waals surface area contributed by atoms with Crippen LogP contribution >= 0.6 is 0 Å². The molecule has 0 fully saturated rings. The number of rotatable bonds is 0. The lowest BCUT2D eigenvalue weighted by molar-refractivity contribution is -0.0683. The van der Waals surface area contributed by atoms with E-state index < -0.39 is 29.9 Å². The summed E-state index contributed by atoms with van der Waals surface area (Å²) in [6.45, 7) is 1.49. The first-order chi connectivity index (χ1) is 9.43. The maximum atomic E-state index is 12.4. The van der Waals surface area contributed by atoms with Gasteiger partial charge in [0, 0.05) is 5.56 Å². The molecule has 1 aromatic carbocycles. The molecular formula is C14H12O6. The Balaban J connectivity index is 2.24. The van der Waals surface area contributed by atoms with Crippen LogP contribution in [0, 0.1) is 0 Å². The number of aliphatic hydroxyl groups excluding tert-OH is 2. The number of hydrogen-bond acceptors (Lipinski definition) is 6. The molecule has 0 saturated carbocycles. The van der Waals surface area contributed by atoms with Crippen LogP contribution in [0.25, 0.3) is 0 Å². The van der Waals surface area contributed by atoms with Crippen LogP contribution in [0.2, 0.25) is 0 Å². The Morgan fingerprint density at radius 1 is 1.15 bits per heavy atom. The van der Waals surface area contributed by atoms with Crippen LogP contribution in [-0.4, -0.2) is 45.2 Å². The molecule has 0 radical (unpaired) electrons. The zero-order valence-electron chi connectivity index (χ0n) is 10.5. The Hall–Kier alpha value is -2.18. The maximum absolute atomic E-state index is 12.4. The van der Waals surface area contributed by atoms with Crippen LogP contribution in [0.4, 0.5) is 0 Å². The summed E-state index contributed by atoms with van der Waals surface area (Å²) < 4.78 is 5.27. The van der Waals surface area contributed by atoms with Gasteiger partial charge in [0.25, 0.3) is 0 Å². The van der Waals surface area contributed by atoms with E-state index in [1.165, 1.54) is 25.1 Å². The second-order valence-electron chi connectivity index (χ2n) is 4.86. The highest BCUT2D eigenvalue weighted by molar-refractivity contribution is 6.27. The SMILES string of the molecule is C[C@@H]1OC2=C(C(=O)c3c(O)cccc3C2=O)[C@H](O)[C@@H]1O. The van der Waals surface area contributed by atoms with Crippen LogP contribution in [0.15, 0.2) is 29.5 Å². The highest BCUT2D eigenvalue weighted by Crippen LogP contribution is 2.37. The zero-order valence-corrected chi connectivity index (χ0v) is 10.5. The molecule has 3 N–H and O–H groups in total. The van der Waals surface area contributed by atoms with E-state index in [0.29, 0.717) is 0 Å². The number of ether oxygens (including phenoxy) is 1. The number of carbonyl (C=O) groups excluding carboxylic acids is 2. The van der Waals surface area contributed by atoms with Crippen molar-refractivity contribution in [1.29, 1.82) is 0 Å². The van der Waals surface area contributed by atoms with E-state index >= 15 is 0 Å². The van der Waals surface area contributed by atoms with Gasteiger partial charge in [-0.15, -0.1) is 0 Å². The van der Waals surface area contributed by atoms with Crippen LogP contribution in [0.5, 0.6) is 5.75 Å². The molecule has 1 aromatic rings. The van der Waals surface area contributed by atoms with E-state index in [0.717, 1.165) is 0 Å². The predicted octanol–water partition coefficient (Wildman–Crippen LogP) is 0.166. The van der Waals surface area contributed by atoms with Crippen molar-refractivity contribution in [3.63, 3.8) is 0 Å². The Morgan fingerprint density at radius 2 is 1.85 bits per heavy atom. The third-order valence-electron chi connectivity index (χ3n) is 3.61. The van der Waals surface area contributed by atoms with Crippen molar-refractivity contribution in [3.05, 3.63) is 40.7 Å². The van der Waals surface area contributed by atoms with Crippen LogP contribution in [0.3, 0.4) is 0 Å². The lowest BCUT2D eigenvalue weighted by Crippen LogP contribution is -2.47. The van der Waals surface area contributed by atoms with E-state index in [1.54, 1.807) is 0 Å². The minimum atomic E-state index is -1.52. The van der Waals surface area contributed by atoms with Crippen molar-refractivity contribution < 1.29 is 29.6 Å². The fraction of sp³-hybridized carbons (Fsp3) is 0.286. The standard InChI is InChI=1S/C14H12O6/c1-5-10(16)13(19)9-12(18)8-6(3-2-4-7(8)15)11(17)14(9)20-5/h2-5,10,13,15-16,19H,1H3/t5-,10+,13-/m0/s1. The molecule has 1 aliphatic carbocycles. The Kier molecular flexibility index (Phi) is 2.67. The van der Waals surface area contributed by atoms with Gasteiger partial charge in [-0.2, -0.15) is 0 Å². The number of hydrogen-bond donors (Lipinski definition) is 3. The molecule has 0 bridgehead atoms. The molecule has 0 spiro atoms. The first kappa shape index (κ1) is 12.8. The molecule has 3 atom stereocenters. The number of aliphatic hydroxyl groups is 2. The molecule has 3 rings (SSSR count). The fourth-order valence-electron chi connectivity index (χ4n) is 2.52. The number of allylic oxidation sites excluding steroid dienone is 1. The molecule has 0 amide bonds. The van der Waals surface area contributed by atoms with Crippen molar-refractivity contribution in [3.8, 4) is 5.75 Å². The van der Waals surface area contributed by atoms with Crippen molar-refractivity contribution >= 4 is 11.6 Å². The van der Waals surface area contributed by atoms with Crippen molar-refractivity contribution in [2.75, 3.05) is 0 Å². The minimum Gasteiger partial charge on any atom is -0.507 e. The lowest BCUT2D eigenvalue weighted by Gasteiger charge is -2.35. The van der Waals surface area contributed by atoms with Gasteiger partial charge in [-0.05, 0) is 19.1 Å².